The number of hydrogen-bond donors (Lipinski definition) is 1. The molecule has 0 aliphatic carbocycles. The van der Waals surface area contributed by atoms with E-state index in [4.69, 9.17) is 14.7 Å². The Morgan fingerprint density at radius 2 is 2.16 bits per heavy atom. The molecule has 0 saturated carbocycles. The van der Waals surface area contributed by atoms with Crippen LogP contribution in [0, 0.1) is 11.3 Å². The fraction of sp³-hybridized carbons (Fsp3) is 0.692. The number of ether oxygens (including phenoxy) is 2. The summed E-state index contributed by atoms with van der Waals surface area (Å²) in [7, 11) is 1.60. The number of rotatable bonds is 5. The van der Waals surface area contributed by atoms with Crippen LogP contribution in [0.2, 0.25) is 0 Å². The van der Waals surface area contributed by atoms with Gasteiger partial charge in [-0.2, -0.15) is 5.26 Å². The summed E-state index contributed by atoms with van der Waals surface area (Å²) in [5, 5.41) is 11.9. The van der Waals surface area contributed by atoms with Crippen molar-refractivity contribution in [3.05, 3.63) is 11.8 Å². The van der Waals surface area contributed by atoms with E-state index in [1.165, 1.54) is 6.20 Å². The number of methoxy groups -OCH3 is 1. The average molecular weight is 267 g/mol. The minimum atomic E-state index is -0.255. The second-order valence-corrected chi connectivity index (χ2v) is 4.58. The Morgan fingerprint density at radius 3 is 2.68 bits per heavy atom. The second kappa shape index (κ2) is 7.77. The number of hydrogen-bond acceptors (Lipinski definition) is 5. The van der Waals surface area contributed by atoms with Crippen molar-refractivity contribution in [2.75, 3.05) is 33.4 Å². The molecule has 1 rings (SSSR count). The molecule has 0 aromatic heterocycles. The van der Waals surface area contributed by atoms with Crippen LogP contribution in [0.4, 0.5) is 0 Å². The highest BCUT2D eigenvalue weighted by Crippen LogP contribution is 2.13. The number of nitrogens with one attached hydrogen (secondary N) is 1. The zero-order valence-corrected chi connectivity index (χ0v) is 11.7. The zero-order chi connectivity index (χ0) is 14.3. The molecule has 1 amide bonds. The standard InChI is InChI=1S/C13H21N3O3/c1-10-8-16(9-11(2)19-10)13(17)12(6-14)7-15-4-5-18-3/h7,10-11,15H,4-5,8-9H2,1-3H3/b12-7-. The first kappa shape index (κ1) is 15.5. The predicted molar refractivity (Wildman–Crippen MR) is 70.2 cm³/mol. The molecule has 1 aliphatic rings. The van der Waals surface area contributed by atoms with Crippen LogP contribution in [0.25, 0.3) is 0 Å². The summed E-state index contributed by atoms with van der Waals surface area (Å²) in [5.41, 5.74) is 0.109. The third-order valence-corrected chi connectivity index (χ3v) is 2.75. The Labute approximate surface area is 114 Å². The normalized spacial score (nSPS) is 23.9. The van der Waals surface area contributed by atoms with Crippen LogP contribution >= 0.6 is 0 Å². The Morgan fingerprint density at radius 1 is 1.53 bits per heavy atom. The van der Waals surface area contributed by atoms with Gasteiger partial charge in [-0.3, -0.25) is 4.79 Å². The lowest BCUT2D eigenvalue weighted by Crippen LogP contribution is -2.48. The maximum atomic E-state index is 12.2. The molecule has 1 N–H and O–H groups in total. The number of amides is 1. The lowest BCUT2D eigenvalue weighted by molar-refractivity contribution is -0.138. The van der Waals surface area contributed by atoms with Crippen molar-refractivity contribution in [1.29, 1.82) is 5.26 Å². The van der Waals surface area contributed by atoms with Crippen LogP contribution in [0.3, 0.4) is 0 Å². The van der Waals surface area contributed by atoms with Crippen molar-refractivity contribution < 1.29 is 14.3 Å². The van der Waals surface area contributed by atoms with E-state index in [2.05, 4.69) is 5.32 Å². The van der Waals surface area contributed by atoms with Crippen LogP contribution in [-0.2, 0) is 14.3 Å². The Bertz CT molecular complexity index is 366. The fourth-order valence-corrected chi connectivity index (χ4v) is 1.99. The van der Waals surface area contributed by atoms with Crippen molar-refractivity contribution in [3.8, 4) is 6.07 Å². The lowest BCUT2D eigenvalue weighted by Gasteiger charge is -2.35. The summed E-state index contributed by atoms with van der Waals surface area (Å²) >= 11 is 0. The van der Waals surface area contributed by atoms with Gasteiger partial charge in [-0.1, -0.05) is 0 Å². The van der Waals surface area contributed by atoms with Crippen molar-refractivity contribution >= 4 is 5.91 Å². The molecule has 6 heteroatoms. The van der Waals surface area contributed by atoms with Crippen LogP contribution in [-0.4, -0.2) is 56.4 Å². The molecule has 0 aromatic carbocycles. The Hall–Kier alpha value is -1.58. The smallest absolute Gasteiger partial charge is 0.266 e. The van der Waals surface area contributed by atoms with E-state index in [-0.39, 0.29) is 23.7 Å². The van der Waals surface area contributed by atoms with E-state index >= 15 is 0 Å². The summed E-state index contributed by atoms with van der Waals surface area (Å²) in [4.78, 5) is 13.9. The maximum Gasteiger partial charge on any atom is 0.266 e. The van der Waals surface area contributed by atoms with E-state index in [1.54, 1.807) is 12.0 Å². The molecular weight excluding hydrogens is 246 g/mol. The Kier molecular flexibility index (Phi) is 6.33. The Balaban J connectivity index is 2.60. The van der Waals surface area contributed by atoms with Gasteiger partial charge in [-0.25, -0.2) is 0 Å². The van der Waals surface area contributed by atoms with E-state index < -0.39 is 0 Å². The summed E-state index contributed by atoms with van der Waals surface area (Å²) in [6.07, 6.45) is 1.44. The molecule has 0 aromatic rings. The molecule has 0 radical (unpaired) electrons. The van der Waals surface area contributed by atoms with E-state index in [1.807, 2.05) is 19.9 Å². The first-order valence-corrected chi connectivity index (χ1v) is 6.35. The van der Waals surface area contributed by atoms with Crippen LogP contribution in [0.15, 0.2) is 11.8 Å². The molecule has 1 saturated heterocycles. The van der Waals surface area contributed by atoms with Crippen molar-refractivity contribution in [3.63, 3.8) is 0 Å². The number of carbonyl (C=O) groups excluding carboxylic acids is 1. The third-order valence-electron chi connectivity index (χ3n) is 2.75. The first-order valence-electron chi connectivity index (χ1n) is 6.35. The molecule has 106 valence electrons. The van der Waals surface area contributed by atoms with Gasteiger partial charge < -0.3 is 19.7 Å². The van der Waals surface area contributed by atoms with Crippen LogP contribution < -0.4 is 5.32 Å². The molecule has 1 heterocycles. The van der Waals surface area contributed by atoms with Crippen molar-refractivity contribution in [1.82, 2.24) is 10.2 Å². The SMILES string of the molecule is COCCN/C=C(/C#N)C(=O)N1CC(C)OC(C)C1. The minimum Gasteiger partial charge on any atom is -0.387 e. The average Bonchev–Trinajstić information content (AvgIpc) is 2.37. The largest absolute Gasteiger partial charge is 0.387 e. The van der Waals surface area contributed by atoms with E-state index in [0.717, 1.165) is 0 Å². The molecular formula is C13H21N3O3. The van der Waals surface area contributed by atoms with Gasteiger partial charge in [0.1, 0.15) is 11.6 Å². The highest BCUT2D eigenvalue weighted by atomic mass is 16.5. The third kappa shape index (κ3) is 4.89. The number of nitriles is 1. The predicted octanol–water partition coefficient (Wildman–Crippen LogP) is 0.266. The molecule has 0 bridgehead atoms. The van der Waals surface area contributed by atoms with Gasteiger partial charge in [0.15, 0.2) is 0 Å². The van der Waals surface area contributed by atoms with Crippen molar-refractivity contribution in [2.45, 2.75) is 26.1 Å². The number of nitrogens with zero attached hydrogens (tertiary/aromatic N) is 2. The first-order chi connectivity index (χ1) is 9.08. The molecule has 1 fully saturated rings. The molecule has 19 heavy (non-hydrogen) atoms. The number of morpholine rings is 1. The van der Waals surface area contributed by atoms with Gasteiger partial charge in [0.2, 0.25) is 0 Å². The van der Waals surface area contributed by atoms with Gasteiger partial charge in [-0.15, -0.1) is 0 Å². The fourth-order valence-electron chi connectivity index (χ4n) is 1.99. The van der Waals surface area contributed by atoms with Crippen LogP contribution in [0.5, 0.6) is 0 Å². The molecule has 2 atom stereocenters. The number of carbonyl (C=O) groups is 1. The second-order valence-electron chi connectivity index (χ2n) is 4.58. The maximum absolute atomic E-state index is 12.2. The summed E-state index contributed by atoms with van der Waals surface area (Å²) in [6.45, 7) is 5.95. The molecule has 1 aliphatic heterocycles. The lowest BCUT2D eigenvalue weighted by atomic mass is 10.2. The van der Waals surface area contributed by atoms with Crippen molar-refractivity contribution in [2.24, 2.45) is 0 Å². The summed E-state index contributed by atoms with van der Waals surface area (Å²) in [6, 6.07) is 1.93. The molecule has 0 spiro atoms. The summed E-state index contributed by atoms with van der Waals surface area (Å²) in [5.74, 6) is -0.255. The molecule has 6 nitrogen and oxygen atoms in total. The zero-order valence-electron chi connectivity index (χ0n) is 11.7. The van der Waals surface area contributed by atoms with E-state index in [0.29, 0.717) is 26.2 Å². The topological polar surface area (TPSA) is 74.6 Å². The van der Waals surface area contributed by atoms with Gasteiger partial charge in [0.25, 0.3) is 5.91 Å². The quantitative estimate of drug-likeness (QED) is 0.439. The van der Waals surface area contributed by atoms with Gasteiger partial charge in [0.05, 0.1) is 18.8 Å². The monoisotopic (exact) mass is 267 g/mol. The minimum absolute atomic E-state index is 0.00547. The van der Waals surface area contributed by atoms with Gasteiger partial charge in [0, 0.05) is 32.9 Å². The highest BCUT2D eigenvalue weighted by molar-refractivity contribution is 5.97. The van der Waals surface area contributed by atoms with Gasteiger partial charge in [-0.05, 0) is 13.8 Å². The molecule has 2 unspecified atom stereocenters. The summed E-state index contributed by atoms with van der Waals surface area (Å²) < 4.78 is 10.4. The highest BCUT2D eigenvalue weighted by Gasteiger charge is 2.27. The van der Waals surface area contributed by atoms with Crippen LogP contribution in [0.1, 0.15) is 13.8 Å². The van der Waals surface area contributed by atoms with Gasteiger partial charge >= 0.3 is 0 Å². The van der Waals surface area contributed by atoms with E-state index in [9.17, 15) is 4.79 Å².